The number of nitrogens with zero attached hydrogens (tertiary/aromatic N) is 1. The molecule has 1 heterocycles. The molecule has 1 amide bonds. The number of halogens is 2. The number of sulfone groups is 1. The first-order valence-corrected chi connectivity index (χ1v) is 14.4. The summed E-state index contributed by atoms with van der Waals surface area (Å²) in [6.45, 7) is 8.32. The highest BCUT2D eigenvalue weighted by Crippen LogP contribution is 2.45. The second-order valence-corrected chi connectivity index (χ2v) is 14.2. The summed E-state index contributed by atoms with van der Waals surface area (Å²) in [5.74, 6) is -1.76. The van der Waals surface area contributed by atoms with Gasteiger partial charge in [0.25, 0.3) is 5.91 Å². The van der Waals surface area contributed by atoms with Crippen LogP contribution in [0, 0.1) is 0 Å². The monoisotopic (exact) mass is 569 g/mol. The number of amides is 1. The first-order chi connectivity index (χ1) is 17.2. The maximum atomic E-state index is 13.9. The van der Waals surface area contributed by atoms with Gasteiger partial charge in [0.15, 0.2) is 9.84 Å². The third-order valence-corrected chi connectivity index (χ3v) is 10.3. The summed E-state index contributed by atoms with van der Waals surface area (Å²) in [6, 6.07) is 12.4. The van der Waals surface area contributed by atoms with Crippen LogP contribution < -0.4 is 0 Å². The summed E-state index contributed by atoms with van der Waals surface area (Å²) in [4.78, 5) is 27.1. The molecule has 0 saturated carbocycles. The van der Waals surface area contributed by atoms with Crippen molar-refractivity contribution in [3.63, 3.8) is 0 Å². The Bertz CT molecular complexity index is 1240. The largest absolute Gasteiger partial charge is 0.481 e. The molecule has 202 valence electrons. The predicted octanol–water partition coefficient (Wildman–Crippen LogP) is 5.86. The molecule has 1 aliphatic heterocycles. The summed E-state index contributed by atoms with van der Waals surface area (Å²) in [5.41, 5.74) is 1.32. The molecule has 1 fully saturated rings. The summed E-state index contributed by atoms with van der Waals surface area (Å²) >= 11 is 12.4. The lowest BCUT2D eigenvalue weighted by molar-refractivity contribution is -0.183. The van der Waals surface area contributed by atoms with Gasteiger partial charge < -0.3 is 14.7 Å². The Hall–Kier alpha value is -2.13. The summed E-state index contributed by atoms with van der Waals surface area (Å²) in [6.07, 6.45) is -2.34. The second kappa shape index (κ2) is 11.3. The van der Waals surface area contributed by atoms with E-state index in [2.05, 4.69) is 0 Å². The molecule has 0 aliphatic carbocycles. The zero-order valence-corrected chi connectivity index (χ0v) is 23.8. The Morgan fingerprint density at radius 1 is 1.08 bits per heavy atom. The minimum absolute atomic E-state index is 0.328. The van der Waals surface area contributed by atoms with E-state index in [0.717, 1.165) is 0 Å². The van der Waals surface area contributed by atoms with Crippen molar-refractivity contribution in [1.29, 1.82) is 0 Å². The number of carbonyl (C=O) groups is 2. The fourth-order valence-electron chi connectivity index (χ4n) is 4.88. The molecule has 0 aromatic heterocycles. The van der Waals surface area contributed by atoms with E-state index in [1.54, 1.807) is 76.2 Å². The van der Waals surface area contributed by atoms with E-state index in [9.17, 15) is 23.1 Å². The molecule has 1 saturated heterocycles. The SMILES string of the molecule is CCC(C(C)S(=O)(=O)C(C)(C)C)N1C(=O)[C@@H](CC(=O)O)O[C@H](c2cccc(Cl)c2)[C@H]1c1ccc(Cl)cc1. The second-order valence-electron chi connectivity index (χ2n) is 10.3. The third kappa shape index (κ3) is 6.14. The average molecular weight is 571 g/mol. The standard InChI is InChI=1S/C27H33Cl2NO6S/c1-6-21(16(2)37(34,35)27(3,4)5)30-24(17-10-12-19(28)13-11-17)25(18-8-7-9-20(29)14-18)36-22(26(30)33)15-23(31)32/h7-14,16,21-22,24-25H,6,15H2,1-5H3,(H,31,32)/t16?,21?,22-,24-,25-/m1/s1. The van der Waals surface area contributed by atoms with E-state index in [0.29, 0.717) is 27.6 Å². The zero-order valence-electron chi connectivity index (χ0n) is 21.5. The molecule has 1 aliphatic rings. The van der Waals surface area contributed by atoms with Crippen LogP contribution in [0.1, 0.15) is 70.7 Å². The highest BCUT2D eigenvalue weighted by Gasteiger charge is 2.50. The van der Waals surface area contributed by atoms with Crippen LogP contribution in [0.3, 0.4) is 0 Å². The number of morpholine rings is 1. The molecule has 3 rings (SSSR count). The number of carbonyl (C=O) groups excluding carboxylic acids is 1. The van der Waals surface area contributed by atoms with Gasteiger partial charge in [-0.25, -0.2) is 8.42 Å². The minimum Gasteiger partial charge on any atom is -0.481 e. The number of carboxylic acid groups (broad SMARTS) is 1. The lowest BCUT2D eigenvalue weighted by Gasteiger charge is -2.49. The summed E-state index contributed by atoms with van der Waals surface area (Å²) in [5, 5.41) is 9.56. The number of aliphatic carboxylic acids is 1. The van der Waals surface area contributed by atoms with Crippen LogP contribution in [-0.2, 0) is 24.2 Å². The van der Waals surface area contributed by atoms with E-state index in [1.165, 1.54) is 4.90 Å². The maximum Gasteiger partial charge on any atom is 0.306 e. The maximum absolute atomic E-state index is 13.9. The van der Waals surface area contributed by atoms with E-state index in [1.807, 2.05) is 6.92 Å². The van der Waals surface area contributed by atoms with Gasteiger partial charge in [0, 0.05) is 16.1 Å². The Labute approximate surface area is 228 Å². The molecule has 5 atom stereocenters. The first kappa shape index (κ1) is 29.4. The van der Waals surface area contributed by atoms with Crippen molar-refractivity contribution in [2.45, 2.75) is 81.7 Å². The zero-order chi connectivity index (χ0) is 27.7. The van der Waals surface area contributed by atoms with Crippen LogP contribution >= 0.6 is 23.2 Å². The molecule has 0 spiro atoms. The van der Waals surface area contributed by atoms with Gasteiger partial charge in [0.05, 0.1) is 22.5 Å². The van der Waals surface area contributed by atoms with E-state index in [4.69, 9.17) is 27.9 Å². The number of benzene rings is 2. The average Bonchev–Trinajstić information content (AvgIpc) is 2.81. The third-order valence-electron chi connectivity index (χ3n) is 6.84. The van der Waals surface area contributed by atoms with Gasteiger partial charge in [0.2, 0.25) is 0 Å². The molecule has 7 nitrogen and oxygen atoms in total. The van der Waals surface area contributed by atoms with Crippen molar-refractivity contribution in [1.82, 2.24) is 4.90 Å². The highest BCUT2D eigenvalue weighted by atomic mass is 35.5. The van der Waals surface area contributed by atoms with Gasteiger partial charge in [-0.1, -0.05) is 54.4 Å². The molecule has 2 unspecified atom stereocenters. The minimum atomic E-state index is -3.70. The fourth-order valence-corrected chi connectivity index (χ4v) is 7.06. The van der Waals surface area contributed by atoms with Crippen molar-refractivity contribution < 1.29 is 27.9 Å². The number of ether oxygens (including phenoxy) is 1. The fraction of sp³-hybridized carbons (Fsp3) is 0.481. The van der Waals surface area contributed by atoms with Crippen molar-refractivity contribution in [3.05, 3.63) is 69.7 Å². The Kier molecular flexibility index (Phi) is 9.00. The van der Waals surface area contributed by atoms with E-state index < -0.39 is 62.4 Å². The van der Waals surface area contributed by atoms with Crippen LogP contribution in [0.2, 0.25) is 10.0 Å². The van der Waals surface area contributed by atoms with Crippen LogP contribution in [0.4, 0.5) is 0 Å². The van der Waals surface area contributed by atoms with Gasteiger partial charge in [-0.05, 0) is 69.5 Å². The molecule has 2 aromatic rings. The number of carboxylic acids is 1. The lowest BCUT2D eigenvalue weighted by atomic mass is 9.89. The van der Waals surface area contributed by atoms with Gasteiger partial charge in [-0.2, -0.15) is 0 Å². The van der Waals surface area contributed by atoms with Gasteiger partial charge in [-0.3, -0.25) is 9.59 Å². The van der Waals surface area contributed by atoms with Crippen molar-refractivity contribution in [3.8, 4) is 0 Å². The normalized spacial score (nSPS) is 22.5. The van der Waals surface area contributed by atoms with Crippen LogP contribution in [-0.4, -0.2) is 52.4 Å². The quantitative estimate of drug-likeness (QED) is 0.427. The Morgan fingerprint density at radius 2 is 1.70 bits per heavy atom. The molecule has 0 radical (unpaired) electrons. The molecular formula is C27H33Cl2NO6S. The highest BCUT2D eigenvalue weighted by molar-refractivity contribution is 7.93. The van der Waals surface area contributed by atoms with Crippen LogP contribution in [0.25, 0.3) is 0 Å². The van der Waals surface area contributed by atoms with Gasteiger partial charge in [0.1, 0.15) is 12.2 Å². The van der Waals surface area contributed by atoms with Crippen molar-refractivity contribution >= 4 is 44.9 Å². The van der Waals surface area contributed by atoms with E-state index in [-0.39, 0.29) is 0 Å². The molecule has 0 bridgehead atoms. The number of hydrogen-bond acceptors (Lipinski definition) is 5. The Balaban J connectivity index is 2.26. The van der Waals surface area contributed by atoms with E-state index >= 15 is 0 Å². The topological polar surface area (TPSA) is 101 Å². The van der Waals surface area contributed by atoms with Crippen LogP contribution in [0.5, 0.6) is 0 Å². The van der Waals surface area contributed by atoms with Gasteiger partial charge >= 0.3 is 5.97 Å². The molecule has 2 aromatic carbocycles. The molecular weight excluding hydrogens is 537 g/mol. The van der Waals surface area contributed by atoms with Crippen LogP contribution in [0.15, 0.2) is 48.5 Å². The molecule has 1 N–H and O–H groups in total. The van der Waals surface area contributed by atoms with Crippen molar-refractivity contribution in [2.24, 2.45) is 0 Å². The predicted molar refractivity (Wildman–Crippen MR) is 145 cm³/mol. The first-order valence-electron chi connectivity index (χ1n) is 12.1. The summed E-state index contributed by atoms with van der Waals surface area (Å²) in [7, 11) is -3.70. The van der Waals surface area contributed by atoms with Gasteiger partial charge in [-0.15, -0.1) is 0 Å². The summed E-state index contributed by atoms with van der Waals surface area (Å²) < 4.78 is 32.2. The number of hydrogen-bond donors (Lipinski definition) is 1. The Morgan fingerprint density at radius 3 is 2.22 bits per heavy atom. The van der Waals surface area contributed by atoms with Crippen molar-refractivity contribution in [2.75, 3.05) is 0 Å². The molecule has 37 heavy (non-hydrogen) atoms. The molecule has 10 heteroatoms. The number of rotatable bonds is 8. The smallest absolute Gasteiger partial charge is 0.306 e. The lowest BCUT2D eigenvalue weighted by Crippen LogP contribution is -2.59.